The summed E-state index contributed by atoms with van der Waals surface area (Å²) in [5.74, 6) is 0.474. The molecule has 1 saturated heterocycles. The Labute approximate surface area is 141 Å². The third-order valence-corrected chi connectivity index (χ3v) is 5.69. The van der Waals surface area contributed by atoms with Crippen LogP contribution in [0.15, 0.2) is 41.4 Å². The number of aromatic nitrogens is 1. The molecule has 0 atom stereocenters. The summed E-state index contributed by atoms with van der Waals surface area (Å²) in [6.07, 6.45) is 4.05. The van der Waals surface area contributed by atoms with Gasteiger partial charge in [-0.05, 0) is 55.2 Å². The van der Waals surface area contributed by atoms with Gasteiger partial charge in [0.15, 0.2) is 0 Å². The van der Waals surface area contributed by atoms with Crippen LogP contribution >= 0.6 is 0 Å². The Hall–Kier alpha value is -1.99. The van der Waals surface area contributed by atoms with E-state index in [4.69, 9.17) is 0 Å². The highest BCUT2D eigenvalue weighted by molar-refractivity contribution is 7.89. The Kier molecular flexibility index (Phi) is 4.82. The second-order valence-corrected chi connectivity index (χ2v) is 7.69. The molecule has 24 heavy (non-hydrogen) atoms. The fourth-order valence-corrected chi connectivity index (χ4v) is 4.07. The first-order valence-electron chi connectivity index (χ1n) is 7.91. The normalized spacial score (nSPS) is 15.0. The molecule has 7 heteroatoms. The second kappa shape index (κ2) is 6.86. The molecule has 0 aliphatic carbocycles. The lowest BCUT2D eigenvalue weighted by atomic mass is 10.2. The van der Waals surface area contributed by atoms with Crippen LogP contribution in [0.2, 0.25) is 0 Å². The SMILES string of the molecule is Cc1cc(F)ccc1S(=O)(=O)NCc1ccc(N2CCCC2)nc1. The van der Waals surface area contributed by atoms with Crippen LogP contribution in [0.5, 0.6) is 0 Å². The highest BCUT2D eigenvalue weighted by Crippen LogP contribution is 2.19. The van der Waals surface area contributed by atoms with Crippen LogP contribution in [0.4, 0.5) is 10.2 Å². The Morgan fingerprint density at radius 1 is 1.21 bits per heavy atom. The fourth-order valence-electron chi connectivity index (χ4n) is 2.82. The third kappa shape index (κ3) is 3.73. The van der Waals surface area contributed by atoms with E-state index in [9.17, 15) is 12.8 Å². The number of hydrogen-bond acceptors (Lipinski definition) is 4. The summed E-state index contributed by atoms with van der Waals surface area (Å²) in [4.78, 5) is 6.71. The zero-order valence-electron chi connectivity index (χ0n) is 13.5. The summed E-state index contributed by atoms with van der Waals surface area (Å²) in [5, 5.41) is 0. The van der Waals surface area contributed by atoms with E-state index in [0.717, 1.165) is 30.5 Å². The zero-order chi connectivity index (χ0) is 17.2. The van der Waals surface area contributed by atoms with Crippen LogP contribution < -0.4 is 9.62 Å². The minimum atomic E-state index is -3.69. The number of aryl methyl sites for hydroxylation is 1. The molecule has 0 amide bonds. The van der Waals surface area contributed by atoms with E-state index in [1.165, 1.54) is 25.0 Å². The largest absolute Gasteiger partial charge is 0.357 e. The number of sulfonamides is 1. The maximum atomic E-state index is 13.1. The molecule has 0 radical (unpaired) electrons. The monoisotopic (exact) mass is 349 g/mol. The Morgan fingerprint density at radius 2 is 1.96 bits per heavy atom. The number of nitrogens with one attached hydrogen (secondary N) is 1. The van der Waals surface area contributed by atoms with Crippen LogP contribution in [0.1, 0.15) is 24.0 Å². The number of halogens is 1. The average molecular weight is 349 g/mol. The van der Waals surface area contributed by atoms with Gasteiger partial charge >= 0.3 is 0 Å². The van der Waals surface area contributed by atoms with Gasteiger partial charge in [-0.25, -0.2) is 22.5 Å². The molecule has 2 aromatic rings. The van der Waals surface area contributed by atoms with Crippen LogP contribution in [0.3, 0.4) is 0 Å². The lowest BCUT2D eigenvalue weighted by molar-refractivity contribution is 0.579. The summed E-state index contributed by atoms with van der Waals surface area (Å²) in [7, 11) is -3.69. The zero-order valence-corrected chi connectivity index (χ0v) is 14.3. The highest BCUT2D eigenvalue weighted by atomic mass is 32.2. The van der Waals surface area contributed by atoms with Gasteiger partial charge in [0.25, 0.3) is 0 Å². The molecule has 3 rings (SSSR count). The van der Waals surface area contributed by atoms with Crippen LogP contribution in [0.25, 0.3) is 0 Å². The summed E-state index contributed by atoms with van der Waals surface area (Å²) in [6.45, 7) is 3.75. The maximum absolute atomic E-state index is 13.1. The van der Waals surface area contributed by atoms with Gasteiger partial charge in [0.1, 0.15) is 11.6 Å². The smallest absolute Gasteiger partial charge is 0.241 e. The Morgan fingerprint density at radius 3 is 2.58 bits per heavy atom. The maximum Gasteiger partial charge on any atom is 0.241 e. The highest BCUT2D eigenvalue weighted by Gasteiger charge is 2.17. The van der Waals surface area contributed by atoms with E-state index in [0.29, 0.717) is 5.56 Å². The molecule has 128 valence electrons. The van der Waals surface area contributed by atoms with Crippen molar-refractivity contribution in [3.63, 3.8) is 0 Å². The van der Waals surface area contributed by atoms with Crippen molar-refractivity contribution in [1.29, 1.82) is 0 Å². The van der Waals surface area contributed by atoms with E-state index in [1.807, 2.05) is 12.1 Å². The molecule has 0 unspecified atom stereocenters. The number of nitrogens with zero attached hydrogens (tertiary/aromatic N) is 2. The fraction of sp³-hybridized carbons (Fsp3) is 0.353. The van der Waals surface area contributed by atoms with Gasteiger partial charge in [0.2, 0.25) is 10.0 Å². The molecule has 1 aromatic carbocycles. The van der Waals surface area contributed by atoms with Gasteiger partial charge in [-0.1, -0.05) is 6.07 Å². The molecule has 0 saturated carbocycles. The molecule has 1 aliphatic heterocycles. The van der Waals surface area contributed by atoms with Crippen molar-refractivity contribution in [2.75, 3.05) is 18.0 Å². The van der Waals surface area contributed by atoms with Crippen LogP contribution in [0, 0.1) is 12.7 Å². The topological polar surface area (TPSA) is 62.3 Å². The van der Waals surface area contributed by atoms with E-state index in [2.05, 4.69) is 14.6 Å². The molecule has 1 aliphatic rings. The molecule has 1 aromatic heterocycles. The first-order chi connectivity index (χ1) is 11.5. The van der Waals surface area contributed by atoms with Crippen LogP contribution in [-0.2, 0) is 16.6 Å². The minimum Gasteiger partial charge on any atom is -0.357 e. The second-order valence-electron chi connectivity index (χ2n) is 5.95. The number of pyridine rings is 1. The van der Waals surface area contributed by atoms with Gasteiger partial charge in [0.05, 0.1) is 4.90 Å². The quantitative estimate of drug-likeness (QED) is 0.901. The Bertz CT molecular complexity index is 816. The number of benzene rings is 1. The summed E-state index contributed by atoms with van der Waals surface area (Å²) < 4.78 is 40.4. The first-order valence-corrected chi connectivity index (χ1v) is 9.40. The molecule has 1 N–H and O–H groups in total. The molecular weight excluding hydrogens is 329 g/mol. The number of rotatable bonds is 5. The predicted octanol–water partition coefficient (Wildman–Crippen LogP) is 2.61. The molecule has 1 fully saturated rings. The standard InChI is InChI=1S/C17H20FN3O2S/c1-13-10-15(18)5-6-16(13)24(22,23)20-12-14-4-7-17(19-11-14)21-8-2-3-9-21/h4-7,10-11,20H,2-3,8-9,12H2,1H3. The van der Waals surface area contributed by atoms with Crippen molar-refractivity contribution < 1.29 is 12.8 Å². The van der Waals surface area contributed by atoms with Crippen LogP contribution in [-0.4, -0.2) is 26.5 Å². The summed E-state index contributed by atoms with van der Waals surface area (Å²) in [6, 6.07) is 7.43. The number of hydrogen-bond donors (Lipinski definition) is 1. The molecule has 5 nitrogen and oxygen atoms in total. The third-order valence-electron chi connectivity index (χ3n) is 4.13. The minimum absolute atomic E-state index is 0.0885. The van der Waals surface area contributed by atoms with Crippen molar-refractivity contribution in [3.05, 3.63) is 53.5 Å². The van der Waals surface area contributed by atoms with Gasteiger partial charge < -0.3 is 4.90 Å². The van der Waals surface area contributed by atoms with Gasteiger partial charge in [-0.15, -0.1) is 0 Å². The van der Waals surface area contributed by atoms with Crippen molar-refractivity contribution >= 4 is 15.8 Å². The molecule has 0 bridgehead atoms. The lowest BCUT2D eigenvalue weighted by Crippen LogP contribution is -2.24. The average Bonchev–Trinajstić information content (AvgIpc) is 3.07. The van der Waals surface area contributed by atoms with Gasteiger partial charge in [-0.3, -0.25) is 0 Å². The summed E-state index contributed by atoms with van der Waals surface area (Å²) >= 11 is 0. The van der Waals surface area contributed by atoms with Crippen molar-refractivity contribution in [3.8, 4) is 0 Å². The van der Waals surface area contributed by atoms with E-state index < -0.39 is 15.8 Å². The van der Waals surface area contributed by atoms with Gasteiger partial charge in [-0.2, -0.15) is 0 Å². The molecule has 0 spiro atoms. The molecular formula is C17H20FN3O2S. The van der Waals surface area contributed by atoms with E-state index in [1.54, 1.807) is 13.1 Å². The van der Waals surface area contributed by atoms with E-state index in [-0.39, 0.29) is 11.4 Å². The van der Waals surface area contributed by atoms with Crippen molar-refractivity contribution in [2.45, 2.75) is 31.2 Å². The number of anilines is 1. The van der Waals surface area contributed by atoms with E-state index >= 15 is 0 Å². The Balaban J connectivity index is 1.68. The predicted molar refractivity (Wildman–Crippen MR) is 90.8 cm³/mol. The molecule has 2 heterocycles. The van der Waals surface area contributed by atoms with Crippen molar-refractivity contribution in [2.24, 2.45) is 0 Å². The lowest BCUT2D eigenvalue weighted by Gasteiger charge is -2.16. The van der Waals surface area contributed by atoms with Gasteiger partial charge in [0, 0.05) is 25.8 Å². The summed E-state index contributed by atoms with van der Waals surface area (Å²) in [5.41, 5.74) is 1.16. The first kappa shape index (κ1) is 16.9. The van der Waals surface area contributed by atoms with Crippen molar-refractivity contribution in [1.82, 2.24) is 9.71 Å².